The van der Waals surface area contributed by atoms with Crippen LogP contribution in [0.25, 0.3) is 0 Å². The molecule has 1 unspecified atom stereocenters. The Labute approximate surface area is 167 Å². The molecule has 5 nitrogen and oxygen atoms in total. The van der Waals surface area contributed by atoms with Crippen LogP contribution in [0, 0.1) is 12.8 Å². The third kappa shape index (κ3) is 7.25. The predicted molar refractivity (Wildman–Crippen MR) is 114 cm³/mol. The second kappa shape index (κ2) is 11.3. The lowest BCUT2D eigenvalue weighted by Gasteiger charge is -2.34. The first kappa shape index (κ1) is 21.7. The maximum absolute atomic E-state index is 5.87. The number of thiophene rings is 1. The van der Waals surface area contributed by atoms with E-state index in [1.54, 1.807) is 11.3 Å². The van der Waals surface area contributed by atoms with Crippen molar-refractivity contribution in [1.82, 2.24) is 15.5 Å². The lowest BCUT2D eigenvalue weighted by Crippen LogP contribution is -2.50. The second-order valence-electron chi connectivity index (χ2n) is 6.48. The third-order valence-electron chi connectivity index (χ3n) is 3.95. The quantitative estimate of drug-likeness (QED) is 0.385. The lowest BCUT2D eigenvalue weighted by atomic mass is 10.2. The van der Waals surface area contributed by atoms with E-state index in [9.17, 15) is 0 Å². The number of guanidine groups is 1. The van der Waals surface area contributed by atoms with E-state index in [1.165, 1.54) is 10.4 Å². The molecule has 0 aliphatic carbocycles. The maximum Gasteiger partial charge on any atom is 0.191 e. The monoisotopic (exact) mass is 466 g/mol. The minimum absolute atomic E-state index is 0. The van der Waals surface area contributed by atoms with Crippen LogP contribution in [-0.4, -0.2) is 56.8 Å². The molecule has 1 aromatic rings. The van der Waals surface area contributed by atoms with Crippen molar-refractivity contribution in [2.75, 3.05) is 39.8 Å². The van der Waals surface area contributed by atoms with Crippen molar-refractivity contribution >= 4 is 41.3 Å². The van der Waals surface area contributed by atoms with E-state index in [0.29, 0.717) is 5.92 Å². The zero-order valence-electron chi connectivity index (χ0n) is 15.2. The van der Waals surface area contributed by atoms with E-state index >= 15 is 0 Å². The van der Waals surface area contributed by atoms with Crippen molar-refractivity contribution in [2.24, 2.45) is 10.9 Å². The first-order valence-corrected chi connectivity index (χ1v) is 9.28. The summed E-state index contributed by atoms with van der Waals surface area (Å²) in [6.07, 6.45) is 0.226. The molecule has 1 atom stereocenters. The number of rotatable bonds is 6. The summed E-state index contributed by atoms with van der Waals surface area (Å²) in [6, 6.07) is 2.15. The van der Waals surface area contributed by atoms with Crippen molar-refractivity contribution in [3.63, 3.8) is 0 Å². The van der Waals surface area contributed by atoms with Crippen LogP contribution in [0.3, 0.4) is 0 Å². The molecule has 0 amide bonds. The van der Waals surface area contributed by atoms with Gasteiger partial charge in [-0.1, -0.05) is 13.8 Å². The fourth-order valence-corrected chi connectivity index (χ4v) is 3.61. The summed E-state index contributed by atoms with van der Waals surface area (Å²) in [5.74, 6) is 1.53. The van der Waals surface area contributed by atoms with Gasteiger partial charge in [-0.2, -0.15) is 0 Å². The molecule has 7 heteroatoms. The normalized spacial score (nSPS) is 19.2. The second-order valence-corrected chi connectivity index (χ2v) is 7.48. The van der Waals surface area contributed by atoms with Gasteiger partial charge in [0.2, 0.25) is 0 Å². The van der Waals surface area contributed by atoms with Crippen LogP contribution in [0.4, 0.5) is 0 Å². The molecule has 0 saturated carbocycles. The molecule has 0 bridgehead atoms. The smallest absolute Gasteiger partial charge is 0.191 e. The summed E-state index contributed by atoms with van der Waals surface area (Å²) in [6.45, 7) is 12.3. The van der Waals surface area contributed by atoms with E-state index in [1.807, 2.05) is 7.05 Å². The minimum atomic E-state index is 0. The number of aliphatic imine (C=N–C) groups is 1. The molecule has 1 aliphatic heterocycles. The van der Waals surface area contributed by atoms with Crippen molar-refractivity contribution in [3.8, 4) is 0 Å². The fourth-order valence-electron chi connectivity index (χ4n) is 2.77. The number of hydrogen-bond acceptors (Lipinski definition) is 4. The average Bonchev–Trinajstić information content (AvgIpc) is 2.92. The molecule has 2 N–H and O–H groups in total. The summed E-state index contributed by atoms with van der Waals surface area (Å²) in [5, 5.41) is 8.89. The van der Waals surface area contributed by atoms with E-state index in [-0.39, 0.29) is 30.1 Å². The number of halogens is 1. The zero-order valence-corrected chi connectivity index (χ0v) is 18.3. The van der Waals surface area contributed by atoms with Crippen LogP contribution >= 0.6 is 35.3 Å². The molecule has 0 radical (unpaired) electrons. The van der Waals surface area contributed by atoms with Crippen molar-refractivity contribution in [2.45, 2.75) is 33.4 Å². The molecular formula is C17H31IN4OS. The predicted octanol–water partition coefficient (Wildman–Crippen LogP) is 2.70. The molecule has 2 rings (SSSR count). The first-order chi connectivity index (χ1) is 11.1. The van der Waals surface area contributed by atoms with E-state index in [0.717, 1.165) is 45.3 Å². The van der Waals surface area contributed by atoms with Crippen molar-refractivity contribution < 1.29 is 4.74 Å². The highest BCUT2D eigenvalue weighted by Gasteiger charge is 2.21. The van der Waals surface area contributed by atoms with Gasteiger partial charge in [0.05, 0.1) is 19.3 Å². The highest BCUT2D eigenvalue weighted by molar-refractivity contribution is 14.0. The Kier molecular flexibility index (Phi) is 10.2. The Balaban J connectivity index is 0.00000288. The van der Waals surface area contributed by atoms with Crippen molar-refractivity contribution in [1.29, 1.82) is 0 Å². The highest BCUT2D eigenvalue weighted by Crippen LogP contribution is 2.14. The van der Waals surface area contributed by atoms with Crippen LogP contribution < -0.4 is 10.6 Å². The van der Waals surface area contributed by atoms with Gasteiger partial charge in [-0.25, -0.2) is 0 Å². The number of nitrogens with zero attached hydrogens (tertiary/aromatic N) is 2. The molecule has 1 aromatic heterocycles. The molecular weight excluding hydrogens is 435 g/mol. The molecule has 1 aliphatic rings. The fraction of sp³-hybridized carbons (Fsp3) is 0.706. The van der Waals surface area contributed by atoms with E-state index in [2.05, 4.69) is 52.7 Å². The molecule has 0 aromatic carbocycles. The van der Waals surface area contributed by atoms with Gasteiger partial charge in [0.15, 0.2) is 5.96 Å². The summed E-state index contributed by atoms with van der Waals surface area (Å²) in [7, 11) is 1.81. The number of nitrogens with one attached hydrogen (secondary N) is 2. The Morgan fingerprint density at radius 3 is 2.88 bits per heavy atom. The summed E-state index contributed by atoms with van der Waals surface area (Å²) in [5.41, 5.74) is 1.33. The van der Waals surface area contributed by atoms with E-state index in [4.69, 9.17) is 4.74 Å². The molecule has 1 fully saturated rings. The average molecular weight is 466 g/mol. The highest BCUT2D eigenvalue weighted by atomic mass is 127. The third-order valence-corrected chi connectivity index (χ3v) is 4.97. The van der Waals surface area contributed by atoms with Crippen LogP contribution in [0.1, 0.15) is 24.3 Å². The zero-order chi connectivity index (χ0) is 16.7. The van der Waals surface area contributed by atoms with Crippen LogP contribution in [0.2, 0.25) is 0 Å². The number of hydrogen-bond donors (Lipinski definition) is 2. The van der Waals surface area contributed by atoms with Gasteiger partial charge in [0, 0.05) is 38.1 Å². The van der Waals surface area contributed by atoms with Gasteiger partial charge >= 0.3 is 0 Å². The maximum atomic E-state index is 5.87. The molecule has 138 valence electrons. The van der Waals surface area contributed by atoms with Crippen LogP contribution in [0.5, 0.6) is 0 Å². The number of ether oxygens (including phenoxy) is 1. The van der Waals surface area contributed by atoms with Gasteiger partial charge in [-0.05, 0) is 29.9 Å². The Hall–Kier alpha value is -0.380. The van der Waals surface area contributed by atoms with Crippen LogP contribution in [0.15, 0.2) is 16.4 Å². The topological polar surface area (TPSA) is 48.9 Å². The molecule has 0 spiro atoms. The molecule has 1 saturated heterocycles. The number of morpholine rings is 1. The SMILES string of the molecule is CN=C(NCc1sccc1C)NCC1CN(CC(C)C)CCO1.I. The molecule has 24 heavy (non-hydrogen) atoms. The van der Waals surface area contributed by atoms with Gasteiger partial charge in [0.25, 0.3) is 0 Å². The molecule has 2 heterocycles. The summed E-state index contributed by atoms with van der Waals surface area (Å²) < 4.78 is 5.87. The van der Waals surface area contributed by atoms with Gasteiger partial charge < -0.3 is 15.4 Å². The standard InChI is InChI=1S/C17H30N4OS.HI/c1-13(2)11-21-6-7-22-15(12-21)9-19-17(18-4)20-10-16-14(3)5-8-23-16;/h5,8,13,15H,6-7,9-12H2,1-4H3,(H2,18,19,20);1H. The Morgan fingerprint density at radius 2 is 2.25 bits per heavy atom. The largest absolute Gasteiger partial charge is 0.374 e. The Morgan fingerprint density at radius 1 is 1.46 bits per heavy atom. The van der Waals surface area contributed by atoms with Gasteiger partial charge in [0.1, 0.15) is 0 Å². The first-order valence-electron chi connectivity index (χ1n) is 8.40. The van der Waals surface area contributed by atoms with E-state index < -0.39 is 0 Å². The van der Waals surface area contributed by atoms with Crippen molar-refractivity contribution in [3.05, 3.63) is 21.9 Å². The summed E-state index contributed by atoms with van der Waals surface area (Å²) in [4.78, 5) is 8.14. The summed E-state index contributed by atoms with van der Waals surface area (Å²) >= 11 is 1.78. The van der Waals surface area contributed by atoms with Gasteiger partial charge in [-0.3, -0.25) is 9.89 Å². The van der Waals surface area contributed by atoms with Gasteiger partial charge in [-0.15, -0.1) is 35.3 Å². The number of aryl methyl sites for hydroxylation is 1. The minimum Gasteiger partial charge on any atom is -0.374 e. The Bertz CT molecular complexity index is 507. The van der Waals surface area contributed by atoms with Crippen LogP contribution in [-0.2, 0) is 11.3 Å². The lowest BCUT2D eigenvalue weighted by molar-refractivity contribution is -0.0284.